The van der Waals surface area contributed by atoms with Gasteiger partial charge in [-0.05, 0) is 33.1 Å². The highest BCUT2D eigenvalue weighted by atomic mass is 16.5. The molecule has 2 aliphatic heterocycles. The van der Waals surface area contributed by atoms with Gasteiger partial charge in [-0.1, -0.05) is 20.3 Å². The molecular weight excluding hydrogens is 224 g/mol. The predicted molar refractivity (Wildman–Crippen MR) is 75.9 cm³/mol. The molecule has 3 nitrogen and oxygen atoms in total. The Morgan fingerprint density at radius 1 is 1.39 bits per heavy atom. The number of hydrogen-bond donors (Lipinski definition) is 1. The molecule has 0 amide bonds. The summed E-state index contributed by atoms with van der Waals surface area (Å²) in [6.07, 6.45) is 5.34. The van der Waals surface area contributed by atoms with E-state index in [0.29, 0.717) is 18.2 Å². The van der Waals surface area contributed by atoms with Gasteiger partial charge in [0.2, 0.25) is 0 Å². The first kappa shape index (κ1) is 14.3. The van der Waals surface area contributed by atoms with Crippen molar-refractivity contribution >= 4 is 0 Å². The van der Waals surface area contributed by atoms with E-state index in [9.17, 15) is 0 Å². The van der Waals surface area contributed by atoms with Gasteiger partial charge in [0.25, 0.3) is 0 Å². The van der Waals surface area contributed by atoms with Gasteiger partial charge < -0.3 is 10.1 Å². The molecule has 2 saturated heterocycles. The van der Waals surface area contributed by atoms with Crippen LogP contribution in [0.4, 0.5) is 0 Å². The monoisotopic (exact) mass is 254 g/mol. The van der Waals surface area contributed by atoms with Crippen molar-refractivity contribution in [3.8, 4) is 0 Å². The molecule has 3 heteroatoms. The molecule has 0 aliphatic carbocycles. The van der Waals surface area contributed by atoms with E-state index in [0.717, 1.165) is 13.2 Å². The van der Waals surface area contributed by atoms with Gasteiger partial charge in [0.05, 0.1) is 6.10 Å². The van der Waals surface area contributed by atoms with Gasteiger partial charge in [-0.25, -0.2) is 0 Å². The van der Waals surface area contributed by atoms with Crippen LogP contribution in [0.5, 0.6) is 0 Å². The standard InChI is InChI=1S/C15H30N2O/c1-5-7-13-11-17(14(6-2)10-16-13)15(4)8-9-18-12(15)3/h12-14,16H,5-11H2,1-4H3. The SMILES string of the molecule is CCCC1CN(C2(C)CCOC2C)C(CC)CN1. The molecule has 2 heterocycles. The summed E-state index contributed by atoms with van der Waals surface area (Å²) in [4.78, 5) is 2.75. The first-order valence-corrected chi connectivity index (χ1v) is 7.73. The summed E-state index contributed by atoms with van der Waals surface area (Å²) < 4.78 is 5.85. The first-order chi connectivity index (χ1) is 8.61. The maximum absolute atomic E-state index is 5.85. The molecule has 1 N–H and O–H groups in total. The number of ether oxygens (including phenoxy) is 1. The van der Waals surface area contributed by atoms with E-state index >= 15 is 0 Å². The fourth-order valence-corrected chi connectivity index (χ4v) is 3.60. The predicted octanol–water partition coefficient (Wildman–Crippen LogP) is 2.41. The molecule has 2 fully saturated rings. The molecule has 0 aromatic heterocycles. The second-order valence-electron chi connectivity index (χ2n) is 6.23. The fourth-order valence-electron chi connectivity index (χ4n) is 3.60. The Labute approximate surface area is 112 Å². The first-order valence-electron chi connectivity index (χ1n) is 7.73. The Bertz CT molecular complexity index is 271. The van der Waals surface area contributed by atoms with E-state index in [-0.39, 0.29) is 5.54 Å². The summed E-state index contributed by atoms with van der Waals surface area (Å²) >= 11 is 0. The Hall–Kier alpha value is -0.120. The van der Waals surface area contributed by atoms with E-state index in [1.165, 1.54) is 32.2 Å². The second-order valence-corrected chi connectivity index (χ2v) is 6.23. The highest BCUT2D eigenvalue weighted by Gasteiger charge is 2.46. The minimum atomic E-state index is 0.245. The number of rotatable bonds is 4. The number of piperazine rings is 1. The number of hydrogen-bond acceptors (Lipinski definition) is 3. The van der Waals surface area contributed by atoms with E-state index in [4.69, 9.17) is 4.74 Å². The van der Waals surface area contributed by atoms with Crippen molar-refractivity contribution in [3.05, 3.63) is 0 Å². The van der Waals surface area contributed by atoms with E-state index in [2.05, 4.69) is 37.9 Å². The molecule has 2 rings (SSSR count). The number of nitrogens with one attached hydrogen (secondary N) is 1. The Kier molecular flexibility index (Phi) is 4.68. The van der Waals surface area contributed by atoms with Crippen LogP contribution in [0.15, 0.2) is 0 Å². The molecule has 0 radical (unpaired) electrons. The van der Waals surface area contributed by atoms with Crippen molar-refractivity contribution in [1.82, 2.24) is 10.2 Å². The maximum atomic E-state index is 5.85. The molecule has 4 unspecified atom stereocenters. The van der Waals surface area contributed by atoms with Crippen LogP contribution < -0.4 is 5.32 Å². The van der Waals surface area contributed by atoms with Gasteiger partial charge >= 0.3 is 0 Å². The van der Waals surface area contributed by atoms with Crippen LogP contribution in [0.3, 0.4) is 0 Å². The van der Waals surface area contributed by atoms with Crippen LogP contribution in [-0.2, 0) is 4.74 Å². The average Bonchev–Trinajstić information content (AvgIpc) is 2.71. The van der Waals surface area contributed by atoms with E-state index in [1.54, 1.807) is 0 Å². The molecule has 106 valence electrons. The molecule has 0 spiro atoms. The van der Waals surface area contributed by atoms with Crippen molar-refractivity contribution in [2.75, 3.05) is 19.7 Å². The zero-order valence-corrected chi connectivity index (χ0v) is 12.5. The maximum Gasteiger partial charge on any atom is 0.0728 e. The Morgan fingerprint density at radius 2 is 2.17 bits per heavy atom. The zero-order chi connectivity index (χ0) is 13.2. The average molecular weight is 254 g/mol. The third kappa shape index (κ3) is 2.59. The Balaban J connectivity index is 2.10. The topological polar surface area (TPSA) is 24.5 Å². The molecule has 4 atom stereocenters. The lowest BCUT2D eigenvalue weighted by Crippen LogP contribution is -2.65. The molecular formula is C15H30N2O. The third-order valence-corrected chi connectivity index (χ3v) is 5.12. The molecule has 2 aliphatic rings. The minimum Gasteiger partial charge on any atom is -0.377 e. The molecule has 0 aromatic carbocycles. The second kappa shape index (κ2) is 5.89. The summed E-state index contributed by atoms with van der Waals surface area (Å²) in [5, 5.41) is 3.72. The molecule has 18 heavy (non-hydrogen) atoms. The van der Waals surface area contributed by atoms with Crippen molar-refractivity contribution in [2.45, 2.75) is 77.1 Å². The van der Waals surface area contributed by atoms with Crippen molar-refractivity contribution in [2.24, 2.45) is 0 Å². The van der Waals surface area contributed by atoms with Gasteiger partial charge in [0.1, 0.15) is 0 Å². The highest BCUT2D eigenvalue weighted by molar-refractivity contribution is 5.01. The van der Waals surface area contributed by atoms with Crippen molar-refractivity contribution in [1.29, 1.82) is 0 Å². The molecule has 0 aromatic rings. The zero-order valence-electron chi connectivity index (χ0n) is 12.5. The van der Waals surface area contributed by atoms with Crippen LogP contribution in [0.1, 0.15) is 53.4 Å². The lowest BCUT2D eigenvalue weighted by molar-refractivity contribution is -0.0265. The lowest BCUT2D eigenvalue weighted by atomic mass is 9.87. The highest BCUT2D eigenvalue weighted by Crippen LogP contribution is 2.35. The third-order valence-electron chi connectivity index (χ3n) is 5.12. The quantitative estimate of drug-likeness (QED) is 0.834. The van der Waals surface area contributed by atoms with Crippen molar-refractivity contribution < 1.29 is 4.74 Å². The summed E-state index contributed by atoms with van der Waals surface area (Å²) in [7, 11) is 0. The van der Waals surface area contributed by atoms with Crippen molar-refractivity contribution in [3.63, 3.8) is 0 Å². The lowest BCUT2D eigenvalue weighted by Gasteiger charge is -2.50. The molecule has 0 bridgehead atoms. The molecule has 0 saturated carbocycles. The normalized spacial score (nSPS) is 42.3. The minimum absolute atomic E-state index is 0.245. The van der Waals surface area contributed by atoms with Crippen LogP contribution >= 0.6 is 0 Å². The summed E-state index contributed by atoms with van der Waals surface area (Å²) in [6, 6.07) is 1.34. The Morgan fingerprint density at radius 3 is 2.72 bits per heavy atom. The van der Waals surface area contributed by atoms with E-state index in [1.807, 2.05) is 0 Å². The van der Waals surface area contributed by atoms with E-state index < -0.39 is 0 Å². The summed E-state index contributed by atoms with van der Waals surface area (Å²) in [6.45, 7) is 12.5. The smallest absolute Gasteiger partial charge is 0.0728 e. The van der Waals surface area contributed by atoms with Gasteiger partial charge in [-0.2, -0.15) is 0 Å². The van der Waals surface area contributed by atoms with Crippen LogP contribution in [0.2, 0.25) is 0 Å². The van der Waals surface area contributed by atoms with Crippen LogP contribution in [-0.4, -0.2) is 48.3 Å². The van der Waals surface area contributed by atoms with Crippen LogP contribution in [0, 0.1) is 0 Å². The number of nitrogens with zero attached hydrogens (tertiary/aromatic N) is 1. The van der Waals surface area contributed by atoms with Gasteiger partial charge in [0, 0.05) is 37.3 Å². The summed E-state index contributed by atoms with van der Waals surface area (Å²) in [5.41, 5.74) is 0.245. The largest absolute Gasteiger partial charge is 0.377 e. The van der Waals surface area contributed by atoms with Gasteiger partial charge in [0.15, 0.2) is 0 Å². The van der Waals surface area contributed by atoms with Gasteiger partial charge in [-0.15, -0.1) is 0 Å². The van der Waals surface area contributed by atoms with Gasteiger partial charge in [-0.3, -0.25) is 4.90 Å². The van der Waals surface area contributed by atoms with Crippen LogP contribution in [0.25, 0.3) is 0 Å². The summed E-state index contributed by atoms with van der Waals surface area (Å²) in [5.74, 6) is 0. The fraction of sp³-hybridized carbons (Fsp3) is 1.00.